The molecule has 0 heterocycles. The molecule has 64 valence electrons. The molecule has 1 rings (SSSR count). The van der Waals surface area contributed by atoms with Crippen LogP contribution in [-0.4, -0.2) is 18.0 Å². The van der Waals surface area contributed by atoms with Crippen molar-refractivity contribution in [2.75, 3.05) is 6.61 Å². The lowest BCUT2D eigenvalue weighted by Crippen LogP contribution is -1.98. The molecule has 1 aromatic rings. The number of ether oxygens (including phenoxy) is 1. The van der Waals surface area contributed by atoms with E-state index in [0.29, 0.717) is 0 Å². The van der Waals surface area contributed by atoms with Crippen molar-refractivity contribution in [3.05, 3.63) is 28.7 Å². The number of rotatable bonds is 3. The summed E-state index contributed by atoms with van der Waals surface area (Å²) in [5, 5.41) is 10.9. The molecule has 4 heteroatoms. The van der Waals surface area contributed by atoms with E-state index in [1.165, 1.54) is 6.21 Å². The van der Waals surface area contributed by atoms with Crippen molar-refractivity contribution in [1.29, 1.82) is 0 Å². The summed E-state index contributed by atoms with van der Waals surface area (Å²) < 4.78 is 6.11. The minimum absolute atomic E-state index is 0.263. The smallest absolute Gasteiger partial charge is 0.134 e. The van der Waals surface area contributed by atoms with Gasteiger partial charge in [-0.1, -0.05) is 17.3 Å². The van der Waals surface area contributed by atoms with Crippen LogP contribution in [-0.2, 0) is 0 Å². The molecule has 12 heavy (non-hydrogen) atoms. The van der Waals surface area contributed by atoms with Gasteiger partial charge in [-0.3, -0.25) is 0 Å². The molecule has 1 N–H and O–H groups in total. The summed E-state index contributed by atoms with van der Waals surface area (Å²) in [4.78, 5) is 0. The molecule has 0 saturated carbocycles. The van der Waals surface area contributed by atoms with Crippen LogP contribution in [0.1, 0.15) is 0 Å². The van der Waals surface area contributed by atoms with E-state index in [0.717, 1.165) is 10.2 Å². The van der Waals surface area contributed by atoms with Gasteiger partial charge < -0.3 is 9.94 Å². The molecular weight excluding hydrogens is 222 g/mol. The second kappa shape index (κ2) is 4.77. The summed E-state index contributed by atoms with van der Waals surface area (Å²) in [6.45, 7) is 0.263. The van der Waals surface area contributed by atoms with E-state index in [1.807, 2.05) is 24.3 Å². The summed E-state index contributed by atoms with van der Waals surface area (Å²) in [6, 6.07) is 7.48. The zero-order chi connectivity index (χ0) is 8.81. The van der Waals surface area contributed by atoms with Gasteiger partial charge in [-0.25, -0.2) is 0 Å². The van der Waals surface area contributed by atoms with Crippen molar-refractivity contribution in [2.24, 2.45) is 5.16 Å². The fraction of sp³-hybridized carbons (Fsp3) is 0.125. The monoisotopic (exact) mass is 229 g/mol. The van der Waals surface area contributed by atoms with Gasteiger partial charge in [0.1, 0.15) is 12.4 Å². The van der Waals surface area contributed by atoms with E-state index in [2.05, 4.69) is 21.1 Å². The Morgan fingerprint density at radius 3 is 2.92 bits per heavy atom. The van der Waals surface area contributed by atoms with Gasteiger partial charge in [-0.15, -0.1) is 0 Å². The molecule has 1 aromatic carbocycles. The van der Waals surface area contributed by atoms with Gasteiger partial charge in [0.25, 0.3) is 0 Å². The Hall–Kier alpha value is -1.03. The summed E-state index contributed by atoms with van der Waals surface area (Å²) in [6.07, 6.45) is 1.28. The van der Waals surface area contributed by atoms with Gasteiger partial charge in [0.2, 0.25) is 0 Å². The molecule has 0 aromatic heterocycles. The molecule has 0 aliphatic heterocycles. The minimum Gasteiger partial charge on any atom is -0.487 e. The number of hydrogen-bond donors (Lipinski definition) is 1. The second-order valence-corrected chi connectivity index (χ2v) is 2.89. The van der Waals surface area contributed by atoms with E-state index in [9.17, 15) is 0 Å². The molecule has 0 aliphatic rings. The topological polar surface area (TPSA) is 41.8 Å². The van der Waals surface area contributed by atoms with Crippen molar-refractivity contribution < 1.29 is 9.94 Å². The average molecular weight is 230 g/mol. The standard InChI is InChI=1S/C8H8BrNO2/c9-7-3-1-2-4-8(7)12-6-5-10-11/h1-5,11H,6H2/b10-5+. The molecule has 0 fully saturated rings. The van der Waals surface area contributed by atoms with Crippen molar-refractivity contribution >= 4 is 22.1 Å². The van der Waals surface area contributed by atoms with Crippen molar-refractivity contribution in [2.45, 2.75) is 0 Å². The number of halogens is 1. The van der Waals surface area contributed by atoms with E-state index in [-0.39, 0.29) is 6.61 Å². The Labute approximate surface area is 78.8 Å². The van der Waals surface area contributed by atoms with Crippen molar-refractivity contribution in [3.63, 3.8) is 0 Å². The largest absolute Gasteiger partial charge is 0.487 e. The van der Waals surface area contributed by atoms with E-state index >= 15 is 0 Å². The molecule has 0 bridgehead atoms. The Balaban J connectivity index is 2.57. The zero-order valence-electron chi connectivity index (χ0n) is 6.27. The lowest BCUT2D eigenvalue weighted by molar-refractivity contribution is 0.312. The summed E-state index contributed by atoms with van der Waals surface area (Å²) in [5.74, 6) is 0.734. The van der Waals surface area contributed by atoms with Crippen molar-refractivity contribution in [1.82, 2.24) is 0 Å². The quantitative estimate of drug-likeness (QED) is 0.491. The zero-order valence-corrected chi connectivity index (χ0v) is 7.86. The van der Waals surface area contributed by atoms with Crippen LogP contribution in [0.5, 0.6) is 5.75 Å². The lowest BCUT2D eigenvalue weighted by atomic mass is 10.3. The maximum absolute atomic E-state index is 8.09. The van der Waals surface area contributed by atoms with Crippen LogP contribution in [0, 0.1) is 0 Å². The van der Waals surface area contributed by atoms with Crippen LogP contribution >= 0.6 is 15.9 Å². The molecule has 0 aliphatic carbocycles. The van der Waals surface area contributed by atoms with Gasteiger partial charge in [0, 0.05) is 0 Å². The predicted octanol–water partition coefficient (Wildman–Crippen LogP) is 2.29. The van der Waals surface area contributed by atoms with E-state index in [4.69, 9.17) is 9.94 Å². The first-order valence-electron chi connectivity index (χ1n) is 3.38. The second-order valence-electron chi connectivity index (χ2n) is 2.04. The Morgan fingerprint density at radius 1 is 1.50 bits per heavy atom. The van der Waals surface area contributed by atoms with Gasteiger partial charge in [0.15, 0.2) is 0 Å². The fourth-order valence-corrected chi connectivity index (χ4v) is 1.12. The molecule has 0 unspecified atom stereocenters. The number of nitrogens with zero attached hydrogens (tertiary/aromatic N) is 1. The molecule has 0 amide bonds. The third kappa shape index (κ3) is 2.54. The van der Waals surface area contributed by atoms with E-state index < -0.39 is 0 Å². The van der Waals surface area contributed by atoms with Gasteiger partial charge in [-0.05, 0) is 28.1 Å². The Kier molecular flexibility index (Phi) is 3.60. The average Bonchev–Trinajstić information content (AvgIpc) is 2.09. The first-order chi connectivity index (χ1) is 5.84. The Morgan fingerprint density at radius 2 is 2.25 bits per heavy atom. The fourth-order valence-electron chi connectivity index (χ4n) is 0.722. The highest BCUT2D eigenvalue weighted by molar-refractivity contribution is 9.10. The summed E-state index contributed by atoms with van der Waals surface area (Å²) in [5.41, 5.74) is 0. The van der Waals surface area contributed by atoms with Crippen LogP contribution < -0.4 is 4.74 Å². The highest BCUT2D eigenvalue weighted by atomic mass is 79.9. The molecular formula is C8H8BrNO2. The first kappa shape index (κ1) is 9.06. The SMILES string of the molecule is O/N=C/COc1ccccc1Br. The van der Waals surface area contributed by atoms with Crippen LogP contribution in [0.4, 0.5) is 0 Å². The third-order valence-electron chi connectivity index (χ3n) is 1.23. The summed E-state index contributed by atoms with van der Waals surface area (Å²) >= 11 is 3.32. The minimum atomic E-state index is 0.263. The van der Waals surface area contributed by atoms with Gasteiger partial charge in [0.05, 0.1) is 10.7 Å². The normalized spacial score (nSPS) is 10.4. The highest BCUT2D eigenvalue weighted by Gasteiger charge is 1.96. The molecule has 0 spiro atoms. The van der Waals surface area contributed by atoms with Crippen LogP contribution in [0.2, 0.25) is 0 Å². The predicted molar refractivity (Wildman–Crippen MR) is 49.9 cm³/mol. The van der Waals surface area contributed by atoms with Crippen molar-refractivity contribution in [3.8, 4) is 5.75 Å². The maximum Gasteiger partial charge on any atom is 0.134 e. The van der Waals surface area contributed by atoms with Gasteiger partial charge >= 0.3 is 0 Å². The lowest BCUT2D eigenvalue weighted by Gasteiger charge is -2.03. The number of benzene rings is 1. The molecule has 0 saturated heterocycles. The number of para-hydroxylation sites is 1. The van der Waals surface area contributed by atoms with Gasteiger partial charge in [-0.2, -0.15) is 0 Å². The third-order valence-corrected chi connectivity index (χ3v) is 1.89. The summed E-state index contributed by atoms with van der Waals surface area (Å²) in [7, 11) is 0. The van der Waals surface area contributed by atoms with Crippen LogP contribution in [0.3, 0.4) is 0 Å². The number of hydrogen-bond acceptors (Lipinski definition) is 3. The molecule has 3 nitrogen and oxygen atoms in total. The van der Waals surface area contributed by atoms with Crippen LogP contribution in [0.25, 0.3) is 0 Å². The number of oxime groups is 1. The molecule has 0 radical (unpaired) electrons. The van der Waals surface area contributed by atoms with E-state index in [1.54, 1.807) is 0 Å². The molecule has 0 atom stereocenters. The van der Waals surface area contributed by atoms with Crippen LogP contribution in [0.15, 0.2) is 33.9 Å². The first-order valence-corrected chi connectivity index (χ1v) is 4.17. The Bertz CT molecular complexity index is 276. The highest BCUT2D eigenvalue weighted by Crippen LogP contribution is 2.23. The maximum atomic E-state index is 8.09.